The van der Waals surface area contributed by atoms with Crippen molar-refractivity contribution in [2.45, 2.75) is 52.2 Å². The average molecular weight is 605 g/mol. The van der Waals surface area contributed by atoms with Gasteiger partial charge in [-0.25, -0.2) is 8.42 Å². The maximum atomic E-state index is 14.1. The van der Waals surface area contributed by atoms with Gasteiger partial charge < -0.3 is 10.2 Å². The van der Waals surface area contributed by atoms with Gasteiger partial charge in [-0.15, -0.1) is 0 Å². The van der Waals surface area contributed by atoms with Crippen LogP contribution in [0.3, 0.4) is 0 Å². The SMILES string of the molecule is CC[C@@H](C)NC(=O)[C@@H](Cc1ccccc1)N(Cc1ccc(C)cc1)C(=O)CN(c1ccc(Cl)cc1Cl)S(C)(=O)=O. The number of nitrogens with one attached hydrogen (secondary N) is 1. The number of rotatable bonds is 12. The first-order chi connectivity index (χ1) is 18.9. The number of anilines is 1. The normalized spacial score (nSPS) is 12.8. The Bertz CT molecular complexity index is 1420. The van der Waals surface area contributed by atoms with Crippen LogP contribution in [0.1, 0.15) is 37.0 Å². The monoisotopic (exact) mass is 603 g/mol. The molecule has 0 spiro atoms. The summed E-state index contributed by atoms with van der Waals surface area (Å²) in [7, 11) is -3.93. The van der Waals surface area contributed by atoms with E-state index in [4.69, 9.17) is 23.2 Å². The Morgan fingerprint density at radius 2 is 1.60 bits per heavy atom. The van der Waals surface area contributed by atoms with Gasteiger partial charge >= 0.3 is 0 Å². The van der Waals surface area contributed by atoms with Gasteiger partial charge in [-0.3, -0.25) is 13.9 Å². The molecule has 10 heteroatoms. The van der Waals surface area contributed by atoms with Crippen molar-refractivity contribution in [3.05, 3.63) is 99.5 Å². The molecule has 0 bridgehead atoms. The lowest BCUT2D eigenvalue weighted by Gasteiger charge is -2.34. The standard InChI is InChI=1S/C30H35Cl2N3O4S/c1-5-22(3)33-30(37)28(17-23-9-7-6-8-10-23)34(19-24-13-11-21(2)12-14-24)29(36)20-35(40(4,38)39)27-16-15-25(31)18-26(27)32/h6-16,18,22,28H,5,17,19-20H2,1-4H3,(H,33,37)/t22-,28-/m1/s1. The van der Waals surface area contributed by atoms with E-state index in [9.17, 15) is 18.0 Å². The second-order valence-electron chi connectivity index (χ2n) is 9.90. The Morgan fingerprint density at radius 1 is 0.950 bits per heavy atom. The van der Waals surface area contributed by atoms with Gasteiger partial charge in [0.1, 0.15) is 12.6 Å². The smallest absolute Gasteiger partial charge is 0.244 e. The van der Waals surface area contributed by atoms with E-state index >= 15 is 0 Å². The highest BCUT2D eigenvalue weighted by molar-refractivity contribution is 7.92. The largest absolute Gasteiger partial charge is 0.352 e. The third kappa shape index (κ3) is 8.71. The summed E-state index contributed by atoms with van der Waals surface area (Å²) in [4.78, 5) is 29.2. The molecule has 3 rings (SSSR count). The molecule has 0 unspecified atom stereocenters. The number of carbonyl (C=O) groups is 2. The molecule has 0 radical (unpaired) electrons. The van der Waals surface area contributed by atoms with Gasteiger partial charge in [0, 0.05) is 24.0 Å². The second-order valence-corrected chi connectivity index (χ2v) is 12.6. The minimum absolute atomic E-state index is 0.0890. The number of hydrogen-bond acceptors (Lipinski definition) is 4. The van der Waals surface area contributed by atoms with E-state index in [2.05, 4.69) is 5.32 Å². The maximum Gasteiger partial charge on any atom is 0.244 e. The number of sulfonamides is 1. The molecule has 214 valence electrons. The van der Waals surface area contributed by atoms with Gasteiger partial charge in [0.2, 0.25) is 21.8 Å². The fourth-order valence-corrected chi connectivity index (χ4v) is 5.59. The highest BCUT2D eigenvalue weighted by Crippen LogP contribution is 2.30. The van der Waals surface area contributed by atoms with E-state index in [1.807, 2.05) is 75.4 Å². The van der Waals surface area contributed by atoms with Crippen LogP contribution in [0.15, 0.2) is 72.8 Å². The Kier molecular flexibility index (Phi) is 11.0. The summed E-state index contributed by atoms with van der Waals surface area (Å²) in [5.41, 5.74) is 2.86. The summed E-state index contributed by atoms with van der Waals surface area (Å²) in [5.74, 6) is -0.855. The van der Waals surface area contributed by atoms with Crippen molar-refractivity contribution in [3.63, 3.8) is 0 Å². The van der Waals surface area contributed by atoms with Crippen LogP contribution in [-0.2, 0) is 32.6 Å². The van der Waals surface area contributed by atoms with Gasteiger partial charge in [-0.1, -0.05) is 90.3 Å². The number of halogens is 2. The molecule has 0 fully saturated rings. The minimum atomic E-state index is -3.93. The molecular weight excluding hydrogens is 569 g/mol. The van der Waals surface area contributed by atoms with E-state index in [0.717, 1.165) is 27.3 Å². The Labute approximate surface area is 247 Å². The summed E-state index contributed by atoms with van der Waals surface area (Å²) < 4.78 is 26.7. The molecule has 7 nitrogen and oxygen atoms in total. The van der Waals surface area contributed by atoms with Gasteiger partial charge in [-0.2, -0.15) is 0 Å². The first-order valence-corrected chi connectivity index (χ1v) is 15.6. The quantitative estimate of drug-likeness (QED) is 0.291. The summed E-state index contributed by atoms with van der Waals surface area (Å²) in [6, 6.07) is 20.5. The molecule has 0 saturated carbocycles. The molecular formula is C30H35Cl2N3O4S. The molecule has 40 heavy (non-hydrogen) atoms. The van der Waals surface area contributed by atoms with Crippen LogP contribution >= 0.6 is 23.2 Å². The average Bonchev–Trinajstić information content (AvgIpc) is 2.90. The van der Waals surface area contributed by atoms with Crippen LogP contribution in [0.25, 0.3) is 0 Å². The molecule has 0 aliphatic rings. The minimum Gasteiger partial charge on any atom is -0.352 e. The zero-order chi connectivity index (χ0) is 29.4. The van der Waals surface area contributed by atoms with E-state index in [0.29, 0.717) is 11.4 Å². The van der Waals surface area contributed by atoms with Crippen LogP contribution < -0.4 is 9.62 Å². The van der Waals surface area contributed by atoms with Gasteiger partial charge in [0.15, 0.2) is 0 Å². The lowest BCUT2D eigenvalue weighted by molar-refractivity contribution is -0.140. The van der Waals surface area contributed by atoms with E-state index in [1.54, 1.807) is 0 Å². The van der Waals surface area contributed by atoms with Crippen molar-refractivity contribution in [1.29, 1.82) is 0 Å². The van der Waals surface area contributed by atoms with Crippen molar-refractivity contribution < 1.29 is 18.0 Å². The molecule has 0 aliphatic heterocycles. The zero-order valence-electron chi connectivity index (χ0n) is 23.1. The van der Waals surface area contributed by atoms with Crippen LogP contribution in [0.4, 0.5) is 5.69 Å². The first kappa shape index (κ1) is 31.5. The van der Waals surface area contributed by atoms with E-state index in [-0.39, 0.29) is 35.6 Å². The summed E-state index contributed by atoms with van der Waals surface area (Å²) >= 11 is 12.4. The first-order valence-electron chi connectivity index (χ1n) is 13.0. The topological polar surface area (TPSA) is 86.8 Å². The molecule has 2 amide bonds. The highest BCUT2D eigenvalue weighted by atomic mass is 35.5. The van der Waals surface area contributed by atoms with Crippen molar-refractivity contribution in [2.24, 2.45) is 0 Å². The number of nitrogens with zero attached hydrogens (tertiary/aromatic N) is 2. The van der Waals surface area contributed by atoms with Crippen LogP contribution in [0, 0.1) is 6.92 Å². The fraction of sp³-hybridized carbons (Fsp3) is 0.333. The number of hydrogen-bond donors (Lipinski definition) is 1. The lowest BCUT2D eigenvalue weighted by Crippen LogP contribution is -2.54. The molecule has 3 aromatic rings. The van der Waals surface area contributed by atoms with Gasteiger partial charge in [0.05, 0.1) is 17.0 Å². The molecule has 1 N–H and O–H groups in total. The molecule has 0 heterocycles. The molecule has 0 saturated heterocycles. The molecule has 3 aromatic carbocycles. The third-order valence-corrected chi connectivity index (χ3v) is 8.27. The number of aryl methyl sites for hydroxylation is 1. The fourth-order valence-electron chi connectivity index (χ4n) is 4.16. The Balaban J connectivity index is 2.07. The Hall–Kier alpha value is -3.07. The van der Waals surface area contributed by atoms with Crippen LogP contribution in [0.5, 0.6) is 0 Å². The summed E-state index contributed by atoms with van der Waals surface area (Å²) in [5, 5.41) is 3.43. The number of amides is 2. The second kappa shape index (κ2) is 14.0. The van der Waals surface area contributed by atoms with E-state index < -0.39 is 28.5 Å². The van der Waals surface area contributed by atoms with Gasteiger partial charge in [0.25, 0.3) is 0 Å². The maximum absolute atomic E-state index is 14.1. The predicted octanol–water partition coefficient (Wildman–Crippen LogP) is 5.62. The van der Waals surface area contributed by atoms with E-state index in [1.165, 1.54) is 23.1 Å². The van der Waals surface area contributed by atoms with Crippen molar-refractivity contribution >= 4 is 50.7 Å². The summed E-state index contributed by atoms with van der Waals surface area (Å²) in [6.45, 7) is 5.39. The van der Waals surface area contributed by atoms with Crippen LogP contribution in [-0.4, -0.2) is 50.0 Å². The zero-order valence-corrected chi connectivity index (χ0v) is 25.4. The Morgan fingerprint density at radius 3 is 2.17 bits per heavy atom. The van der Waals surface area contributed by atoms with Gasteiger partial charge in [-0.05, 0) is 49.6 Å². The van der Waals surface area contributed by atoms with Crippen molar-refractivity contribution in [3.8, 4) is 0 Å². The van der Waals surface area contributed by atoms with Crippen molar-refractivity contribution in [2.75, 3.05) is 17.1 Å². The highest BCUT2D eigenvalue weighted by Gasteiger charge is 2.33. The van der Waals surface area contributed by atoms with Crippen molar-refractivity contribution in [1.82, 2.24) is 10.2 Å². The summed E-state index contributed by atoms with van der Waals surface area (Å²) in [6.07, 6.45) is 1.97. The lowest BCUT2D eigenvalue weighted by atomic mass is 10.0. The molecule has 0 aromatic heterocycles. The third-order valence-electron chi connectivity index (χ3n) is 6.60. The van der Waals surface area contributed by atoms with Crippen LogP contribution in [0.2, 0.25) is 10.0 Å². The molecule has 0 aliphatic carbocycles. The predicted molar refractivity (Wildman–Crippen MR) is 162 cm³/mol. The number of benzene rings is 3. The number of carbonyl (C=O) groups excluding carboxylic acids is 2. The molecule has 2 atom stereocenters.